The molecule has 5 heteroatoms. The number of hydrogen-bond donors (Lipinski definition) is 2. The van der Waals surface area contributed by atoms with Gasteiger partial charge in [0.05, 0.1) is 6.34 Å². The number of phenolic OH excluding ortho intramolecular Hbond substituents is 1. The number of rotatable bonds is 8. The van der Waals surface area contributed by atoms with Crippen molar-refractivity contribution in [1.82, 2.24) is 4.90 Å². The molecule has 0 radical (unpaired) electrons. The van der Waals surface area contributed by atoms with Gasteiger partial charge in [-0.1, -0.05) is 49.0 Å². The molecular formula is C19H20N2O3. The van der Waals surface area contributed by atoms with Crippen LogP contribution in [0.4, 0.5) is 0 Å². The summed E-state index contributed by atoms with van der Waals surface area (Å²) in [6.07, 6.45) is 2.09. The van der Waals surface area contributed by atoms with Gasteiger partial charge in [-0.2, -0.15) is 0 Å². The molecule has 0 aliphatic rings. The summed E-state index contributed by atoms with van der Waals surface area (Å²) in [7, 11) is 0. The predicted molar refractivity (Wildman–Crippen MR) is 93.9 cm³/mol. The van der Waals surface area contributed by atoms with Gasteiger partial charge in [0.2, 0.25) is 0 Å². The van der Waals surface area contributed by atoms with Gasteiger partial charge in [-0.05, 0) is 23.3 Å². The lowest BCUT2D eigenvalue weighted by Gasteiger charge is -2.17. The molecule has 2 N–H and O–H groups in total. The summed E-state index contributed by atoms with van der Waals surface area (Å²) in [6.45, 7) is 4.06. The molecule has 2 aromatic carbocycles. The Bertz CT molecular complexity index is 726. The fraction of sp³-hybridized carbons (Fsp3) is 0.158. The van der Waals surface area contributed by atoms with Crippen molar-refractivity contribution in [2.75, 3.05) is 6.54 Å². The smallest absolute Gasteiger partial charge is 0.323 e. The highest BCUT2D eigenvalue weighted by Gasteiger charge is 2.07. The highest BCUT2D eigenvalue weighted by atomic mass is 16.4. The van der Waals surface area contributed by atoms with Crippen LogP contribution in [0.25, 0.3) is 0 Å². The summed E-state index contributed by atoms with van der Waals surface area (Å²) in [6, 6.07) is 16.5. The van der Waals surface area contributed by atoms with E-state index in [-0.39, 0.29) is 12.3 Å². The van der Waals surface area contributed by atoms with E-state index in [1.54, 1.807) is 23.1 Å². The molecule has 24 heavy (non-hydrogen) atoms. The molecule has 0 saturated heterocycles. The van der Waals surface area contributed by atoms with E-state index in [1.807, 2.05) is 36.4 Å². The molecule has 0 atom stereocenters. The maximum Gasteiger partial charge on any atom is 0.323 e. The molecule has 0 fully saturated rings. The van der Waals surface area contributed by atoms with Crippen LogP contribution in [0.2, 0.25) is 0 Å². The Hall–Kier alpha value is -3.08. The SMILES string of the molecule is C=C(Cc1ccccc1)/N=C\N(CC(=O)O)Cc1cccc(O)c1. The lowest BCUT2D eigenvalue weighted by atomic mass is 10.1. The molecule has 2 aromatic rings. The molecule has 0 heterocycles. The van der Waals surface area contributed by atoms with Crippen molar-refractivity contribution >= 4 is 12.3 Å². The molecule has 5 nitrogen and oxygen atoms in total. The zero-order valence-corrected chi connectivity index (χ0v) is 13.3. The van der Waals surface area contributed by atoms with E-state index < -0.39 is 5.97 Å². The van der Waals surface area contributed by atoms with Crippen molar-refractivity contribution in [1.29, 1.82) is 0 Å². The minimum atomic E-state index is -0.949. The van der Waals surface area contributed by atoms with Crippen LogP contribution < -0.4 is 0 Å². The van der Waals surface area contributed by atoms with Crippen LogP contribution in [-0.4, -0.2) is 34.0 Å². The van der Waals surface area contributed by atoms with Crippen LogP contribution in [0.15, 0.2) is 71.9 Å². The van der Waals surface area contributed by atoms with E-state index in [0.29, 0.717) is 18.7 Å². The maximum absolute atomic E-state index is 11.0. The summed E-state index contributed by atoms with van der Waals surface area (Å²) < 4.78 is 0. The summed E-state index contributed by atoms with van der Waals surface area (Å²) in [4.78, 5) is 16.9. The van der Waals surface area contributed by atoms with Gasteiger partial charge in [0.25, 0.3) is 0 Å². The van der Waals surface area contributed by atoms with Crippen LogP contribution in [0, 0.1) is 0 Å². The topological polar surface area (TPSA) is 73.1 Å². The van der Waals surface area contributed by atoms with Gasteiger partial charge in [0.1, 0.15) is 12.3 Å². The number of nitrogens with zero attached hydrogens (tertiary/aromatic N) is 2. The number of phenols is 1. The predicted octanol–water partition coefficient (Wildman–Crippen LogP) is 3.06. The van der Waals surface area contributed by atoms with Crippen molar-refractivity contribution in [3.8, 4) is 5.75 Å². The summed E-state index contributed by atoms with van der Waals surface area (Å²) in [5, 5.41) is 18.5. The van der Waals surface area contributed by atoms with E-state index >= 15 is 0 Å². The largest absolute Gasteiger partial charge is 0.508 e. The van der Waals surface area contributed by atoms with E-state index in [4.69, 9.17) is 5.11 Å². The van der Waals surface area contributed by atoms with E-state index in [1.165, 1.54) is 6.34 Å². The first kappa shape index (κ1) is 17.3. The average Bonchev–Trinajstić information content (AvgIpc) is 2.53. The van der Waals surface area contributed by atoms with Crippen LogP contribution in [0.5, 0.6) is 5.75 Å². The van der Waals surface area contributed by atoms with E-state index in [2.05, 4.69) is 11.6 Å². The third-order valence-corrected chi connectivity index (χ3v) is 3.29. The monoisotopic (exact) mass is 324 g/mol. The third-order valence-electron chi connectivity index (χ3n) is 3.29. The second kappa shape index (κ2) is 8.53. The van der Waals surface area contributed by atoms with Crippen LogP contribution >= 0.6 is 0 Å². The molecule has 0 unspecified atom stereocenters. The highest BCUT2D eigenvalue weighted by Crippen LogP contribution is 2.13. The fourth-order valence-corrected chi connectivity index (χ4v) is 2.24. The molecule has 124 valence electrons. The van der Waals surface area contributed by atoms with Gasteiger partial charge in [-0.25, -0.2) is 4.99 Å². The molecule has 2 rings (SSSR count). The molecule has 0 aromatic heterocycles. The zero-order chi connectivity index (χ0) is 17.4. The van der Waals surface area contributed by atoms with E-state index in [0.717, 1.165) is 11.1 Å². The Labute approximate surface area is 141 Å². The number of aliphatic carboxylic acids is 1. The average molecular weight is 324 g/mol. The molecule has 0 aliphatic carbocycles. The van der Waals surface area contributed by atoms with Crippen molar-refractivity contribution in [3.05, 3.63) is 78.0 Å². The number of aromatic hydroxyl groups is 1. The third kappa shape index (κ3) is 5.96. The van der Waals surface area contributed by atoms with Gasteiger partial charge in [0.15, 0.2) is 0 Å². The molecule has 0 aliphatic heterocycles. The fourth-order valence-electron chi connectivity index (χ4n) is 2.24. The van der Waals surface area contributed by atoms with Crippen LogP contribution in [0.1, 0.15) is 11.1 Å². The minimum absolute atomic E-state index is 0.146. The maximum atomic E-state index is 11.0. The first-order chi connectivity index (χ1) is 11.5. The Morgan fingerprint density at radius 2 is 1.83 bits per heavy atom. The quantitative estimate of drug-likeness (QED) is 0.578. The standard InChI is InChI=1S/C19H20N2O3/c1-15(10-16-6-3-2-4-7-16)20-14-21(13-19(23)24)12-17-8-5-9-18(22)11-17/h2-9,11,14,22H,1,10,12-13H2,(H,23,24)/b20-14-. The lowest BCUT2D eigenvalue weighted by Crippen LogP contribution is -2.28. The molecular weight excluding hydrogens is 304 g/mol. The summed E-state index contributed by atoms with van der Waals surface area (Å²) >= 11 is 0. The van der Waals surface area contributed by atoms with Gasteiger partial charge in [-0.15, -0.1) is 0 Å². The van der Waals surface area contributed by atoms with Crippen molar-refractivity contribution in [3.63, 3.8) is 0 Å². The van der Waals surface area contributed by atoms with E-state index in [9.17, 15) is 9.90 Å². The second-order valence-electron chi connectivity index (χ2n) is 5.44. The van der Waals surface area contributed by atoms with Gasteiger partial charge >= 0.3 is 5.97 Å². The lowest BCUT2D eigenvalue weighted by molar-refractivity contribution is -0.137. The first-order valence-corrected chi connectivity index (χ1v) is 7.52. The first-order valence-electron chi connectivity index (χ1n) is 7.52. The number of allylic oxidation sites excluding steroid dienone is 1. The van der Waals surface area contributed by atoms with Crippen molar-refractivity contribution in [2.45, 2.75) is 13.0 Å². The van der Waals surface area contributed by atoms with Crippen LogP contribution in [0.3, 0.4) is 0 Å². The Morgan fingerprint density at radius 3 is 2.50 bits per heavy atom. The second-order valence-corrected chi connectivity index (χ2v) is 5.44. The number of carbonyl (C=O) groups is 1. The zero-order valence-electron chi connectivity index (χ0n) is 13.3. The number of carboxylic acid groups (broad SMARTS) is 1. The summed E-state index contributed by atoms with van der Waals surface area (Å²) in [5.74, 6) is -0.802. The van der Waals surface area contributed by atoms with Gasteiger partial charge in [-0.3, -0.25) is 4.79 Å². The Kier molecular flexibility index (Phi) is 6.14. The number of carboxylic acids is 1. The number of hydrogen-bond acceptors (Lipinski definition) is 3. The number of benzene rings is 2. The van der Waals surface area contributed by atoms with Crippen molar-refractivity contribution < 1.29 is 15.0 Å². The molecule has 0 bridgehead atoms. The summed E-state index contributed by atoms with van der Waals surface area (Å²) in [5.41, 5.74) is 2.54. The molecule has 0 saturated carbocycles. The Balaban J connectivity index is 2.02. The van der Waals surface area contributed by atoms with Crippen molar-refractivity contribution in [2.24, 2.45) is 4.99 Å². The minimum Gasteiger partial charge on any atom is -0.508 e. The Morgan fingerprint density at radius 1 is 1.12 bits per heavy atom. The number of aliphatic imine (C=N–C) groups is 1. The molecule has 0 spiro atoms. The highest BCUT2D eigenvalue weighted by molar-refractivity contribution is 5.73. The molecule has 0 amide bonds. The van der Waals surface area contributed by atoms with Gasteiger partial charge < -0.3 is 15.1 Å². The van der Waals surface area contributed by atoms with Gasteiger partial charge in [0, 0.05) is 18.7 Å². The normalized spacial score (nSPS) is 10.7. The van der Waals surface area contributed by atoms with Crippen LogP contribution in [-0.2, 0) is 17.8 Å².